The van der Waals surface area contributed by atoms with Crippen LogP contribution in [-0.4, -0.2) is 33.1 Å². The highest BCUT2D eigenvalue weighted by atomic mass is 16.3. The van der Waals surface area contributed by atoms with Gasteiger partial charge in [0.1, 0.15) is 11.2 Å². The number of furan rings is 1. The van der Waals surface area contributed by atoms with Gasteiger partial charge in [-0.3, -0.25) is 8.97 Å². The smallest absolute Gasteiger partial charge is 0.220 e. The molecule has 0 amide bonds. The molecule has 14 aromatic rings. The second-order valence-electron chi connectivity index (χ2n) is 15.5. The molecule has 0 atom stereocenters. The van der Waals surface area contributed by atoms with Gasteiger partial charge in [-0.15, -0.1) is 0 Å². The average Bonchev–Trinajstić information content (AvgIpc) is 4.15. The molecule has 6 aromatic heterocycles. The van der Waals surface area contributed by atoms with Gasteiger partial charge in [0, 0.05) is 43.6 Å². The molecule has 8 nitrogen and oxygen atoms in total. The molecular formula is C52H31N7O. The Bertz CT molecular complexity index is 4090. The Hall–Kier alpha value is -8.36. The van der Waals surface area contributed by atoms with E-state index < -0.39 is 0 Å². The normalized spacial score (nSPS) is 12.3. The molecule has 0 aliphatic carbocycles. The maximum Gasteiger partial charge on any atom is 0.220 e. The van der Waals surface area contributed by atoms with Crippen LogP contribution in [-0.2, 0) is 0 Å². The van der Waals surface area contributed by atoms with E-state index in [2.05, 4.69) is 193 Å². The highest BCUT2D eigenvalue weighted by Gasteiger charge is 2.23. The number of hydrogen-bond acceptors (Lipinski definition) is 3. The van der Waals surface area contributed by atoms with Crippen molar-refractivity contribution in [1.82, 2.24) is 33.1 Å². The van der Waals surface area contributed by atoms with Crippen molar-refractivity contribution in [3.8, 4) is 22.6 Å². The summed E-state index contributed by atoms with van der Waals surface area (Å²) in [4.78, 5) is 7.27. The first-order chi connectivity index (χ1) is 29.8. The highest BCUT2D eigenvalue weighted by Crippen LogP contribution is 2.40. The first-order valence-corrected chi connectivity index (χ1v) is 20.2. The number of hydrogen-bond donors (Lipinski definition) is 0. The average molecular weight is 770 g/mol. The lowest BCUT2D eigenvalue weighted by Gasteiger charge is -2.13. The summed E-state index contributed by atoms with van der Waals surface area (Å²) in [6.07, 6.45) is 1.90. The van der Waals surface area contributed by atoms with Crippen molar-refractivity contribution in [1.29, 1.82) is 0 Å². The van der Waals surface area contributed by atoms with E-state index in [1.165, 1.54) is 10.8 Å². The van der Waals surface area contributed by atoms with Crippen LogP contribution in [0.25, 0.3) is 116 Å². The molecule has 0 spiro atoms. The monoisotopic (exact) mass is 769 g/mol. The fourth-order valence-electron chi connectivity index (χ4n) is 9.89. The van der Waals surface area contributed by atoms with E-state index in [-0.39, 0.29) is 0 Å². The molecule has 8 heteroatoms. The Morgan fingerprint density at radius 3 is 2.03 bits per heavy atom. The molecule has 0 radical (unpaired) electrons. The van der Waals surface area contributed by atoms with Crippen molar-refractivity contribution in [2.45, 2.75) is 0 Å². The fourth-order valence-corrected chi connectivity index (χ4v) is 9.89. The van der Waals surface area contributed by atoms with Crippen LogP contribution < -0.4 is 0 Å². The van der Waals surface area contributed by atoms with Crippen molar-refractivity contribution in [2.24, 2.45) is 0 Å². The molecule has 0 aliphatic heterocycles. The van der Waals surface area contributed by atoms with Crippen molar-refractivity contribution < 1.29 is 4.42 Å². The molecule has 0 bridgehead atoms. The minimum atomic E-state index is 0.881. The zero-order valence-electron chi connectivity index (χ0n) is 31.9. The van der Waals surface area contributed by atoms with E-state index in [1.807, 2.05) is 18.3 Å². The van der Waals surface area contributed by atoms with E-state index in [0.717, 1.165) is 105 Å². The van der Waals surface area contributed by atoms with Crippen LogP contribution in [0.2, 0.25) is 0 Å². The number of para-hydroxylation sites is 7. The predicted molar refractivity (Wildman–Crippen MR) is 243 cm³/mol. The highest BCUT2D eigenvalue weighted by molar-refractivity contribution is 6.14. The van der Waals surface area contributed by atoms with Gasteiger partial charge in [-0.25, -0.2) is 9.66 Å². The lowest BCUT2D eigenvalue weighted by molar-refractivity contribution is 0.622. The largest absolute Gasteiger partial charge is 0.456 e. The molecule has 0 saturated carbocycles. The second-order valence-corrected chi connectivity index (χ2v) is 15.5. The van der Waals surface area contributed by atoms with Gasteiger partial charge >= 0.3 is 0 Å². The summed E-state index contributed by atoms with van der Waals surface area (Å²) in [6.45, 7) is 0. The minimum absolute atomic E-state index is 0.881. The number of aromatic nitrogens is 7. The summed E-state index contributed by atoms with van der Waals surface area (Å²) in [6, 6.07) is 64.5. The first kappa shape index (κ1) is 31.7. The summed E-state index contributed by atoms with van der Waals surface area (Å²) in [5, 5.41) is 11.9. The Kier molecular flexibility index (Phi) is 6.14. The lowest BCUT2D eigenvalue weighted by Crippen LogP contribution is -2.12. The van der Waals surface area contributed by atoms with Gasteiger partial charge in [0.15, 0.2) is 0 Å². The third kappa shape index (κ3) is 4.13. The van der Waals surface area contributed by atoms with Crippen LogP contribution in [0.15, 0.2) is 193 Å². The summed E-state index contributed by atoms with van der Waals surface area (Å²) in [5.41, 5.74) is 14.7. The van der Waals surface area contributed by atoms with Crippen LogP contribution in [0.1, 0.15) is 0 Å². The van der Waals surface area contributed by atoms with Crippen LogP contribution in [0.3, 0.4) is 0 Å². The third-order valence-electron chi connectivity index (χ3n) is 12.4. The van der Waals surface area contributed by atoms with Crippen LogP contribution in [0, 0.1) is 0 Å². The van der Waals surface area contributed by atoms with Gasteiger partial charge in [-0.05, 0) is 91.0 Å². The molecule has 0 aliphatic rings. The standard InChI is InChI=1S/C52H31N7O/c1-5-16-41-34(12-1)37-30-32(24-26-42(37)55(41)33-25-27-50-38(31-33)35-13-3-10-23-49(35)60-50)40-28-29-53-59(40)58-43-17-6-2-14-36(43)51-47(21-11-22-48(51)58)57-46-20-9-8-19-45(46)56-44-18-7-4-15-39(44)54-52(56)57/h1-31H. The quantitative estimate of drug-likeness (QED) is 0.179. The summed E-state index contributed by atoms with van der Waals surface area (Å²) >= 11 is 0. The van der Waals surface area contributed by atoms with Gasteiger partial charge in [0.05, 0.1) is 61.7 Å². The van der Waals surface area contributed by atoms with E-state index in [4.69, 9.17) is 14.5 Å². The molecule has 0 saturated heterocycles. The number of fused-ring (bicyclic) bond motifs is 14. The van der Waals surface area contributed by atoms with Crippen molar-refractivity contribution >= 4 is 93.4 Å². The number of imidazole rings is 2. The fraction of sp³-hybridized carbons (Fsp3) is 0. The molecule has 0 N–H and O–H groups in total. The van der Waals surface area contributed by atoms with Gasteiger partial charge in [-0.2, -0.15) is 9.89 Å². The first-order valence-electron chi connectivity index (χ1n) is 20.2. The van der Waals surface area contributed by atoms with E-state index >= 15 is 0 Å². The van der Waals surface area contributed by atoms with Crippen molar-refractivity contribution in [3.63, 3.8) is 0 Å². The Balaban J connectivity index is 0.983. The molecule has 6 heterocycles. The molecule has 0 fully saturated rings. The Morgan fingerprint density at radius 1 is 0.433 bits per heavy atom. The number of benzene rings is 8. The van der Waals surface area contributed by atoms with Gasteiger partial charge in [0.25, 0.3) is 0 Å². The summed E-state index contributed by atoms with van der Waals surface area (Å²) < 4.78 is 15.4. The molecule has 280 valence electrons. The van der Waals surface area contributed by atoms with E-state index in [0.29, 0.717) is 0 Å². The van der Waals surface area contributed by atoms with Crippen LogP contribution >= 0.6 is 0 Å². The van der Waals surface area contributed by atoms with Gasteiger partial charge < -0.3 is 8.98 Å². The molecular weight excluding hydrogens is 739 g/mol. The van der Waals surface area contributed by atoms with Crippen LogP contribution in [0.5, 0.6) is 0 Å². The minimum Gasteiger partial charge on any atom is -0.456 e. The Labute approximate surface area is 340 Å². The van der Waals surface area contributed by atoms with Crippen molar-refractivity contribution in [3.05, 3.63) is 188 Å². The predicted octanol–water partition coefficient (Wildman–Crippen LogP) is 12.7. The molecule has 0 unspecified atom stereocenters. The maximum absolute atomic E-state index is 6.20. The number of rotatable bonds is 4. The van der Waals surface area contributed by atoms with Crippen molar-refractivity contribution in [2.75, 3.05) is 0 Å². The molecule has 8 aromatic carbocycles. The lowest BCUT2D eigenvalue weighted by atomic mass is 10.1. The SMILES string of the molecule is c1ccc2c(c1)nc1n(-c3cccc4c3c3ccccc3n4-n3nccc3-c3ccc4c(c3)c3ccccc3n4-c3ccc4oc5ccccc5c4c3)c3ccccc3n21. The second kappa shape index (κ2) is 11.6. The van der Waals surface area contributed by atoms with E-state index in [1.54, 1.807) is 0 Å². The summed E-state index contributed by atoms with van der Waals surface area (Å²) in [5.74, 6) is 0.881. The summed E-state index contributed by atoms with van der Waals surface area (Å²) in [7, 11) is 0. The van der Waals surface area contributed by atoms with Gasteiger partial charge in [-0.1, -0.05) is 91.0 Å². The molecule has 60 heavy (non-hydrogen) atoms. The Morgan fingerprint density at radius 2 is 1.13 bits per heavy atom. The van der Waals surface area contributed by atoms with E-state index in [9.17, 15) is 0 Å². The topological polar surface area (TPSA) is 63.0 Å². The van der Waals surface area contributed by atoms with Gasteiger partial charge in [0.2, 0.25) is 5.78 Å². The van der Waals surface area contributed by atoms with Crippen LogP contribution in [0.4, 0.5) is 0 Å². The zero-order valence-corrected chi connectivity index (χ0v) is 31.9. The zero-order chi connectivity index (χ0) is 39.1. The number of nitrogens with zero attached hydrogens (tertiary/aromatic N) is 7. The maximum atomic E-state index is 6.20. The molecule has 14 rings (SSSR count). The third-order valence-corrected chi connectivity index (χ3v) is 12.4.